The molecule has 1 saturated heterocycles. The maximum atomic E-state index is 10.7. The maximum Gasteiger partial charge on any atom is 0.270 e. The summed E-state index contributed by atoms with van der Waals surface area (Å²) in [6.07, 6.45) is 0. The van der Waals surface area contributed by atoms with E-state index in [1.54, 1.807) is 19.2 Å². The van der Waals surface area contributed by atoms with Crippen LogP contribution in [0.3, 0.4) is 0 Å². The molecule has 1 heterocycles. The zero-order valence-electron chi connectivity index (χ0n) is 10.2. The molecule has 0 amide bonds. The molecule has 1 fully saturated rings. The quantitative estimate of drug-likeness (QED) is 0.625. The number of nitrogens with zero attached hydrogens (tertiary/aromatic N) is 2. The molecule has 0 spiro atoms. The van der Waals surface area contributed by atoms with Crippen molar-refractivity contribution in [3.63, 3.8) is 0 Å². The average molecular weight is 252 g/mol. The van der Waals surface area contributed by atoms with Gasteiger partial charge in [-0.25, -0.2) is 0 Å². The van der Waals surface area contributed by atoms with E-state index in [0.717, 1.165) is 18.7 Å². The van der Waals surface area contributed by atoms with Gasteiger partial charge in [-0.15, -0.1) is 0 Å². The molecule has 0 saturated carbocycles. The predicted molar refractivity (Wildman–Crippen MR) is 65.5 cm³/mol. The van der Waals surface area contributed by atoms with E-state index in [1.807, 2.05) is 0 Å². The summed E-state index contributed by atoms with van der Waals surface area (Å²) in [5.74, 6) is 0.989. The van der Waals surface area contributed by atoms with Crippen LogP contribution < -0.4 is 4.74 Å². The van der Waals surface area contributed by atoms with Crippen LogP contribution in [0, 0.1) is 16.0 Å². The minimum absolute atomic E-state index is 0.0741. The molecule has 0 radical (unpaired) electrons. The number of likely N-dealkylation sites (tertiary alicyclic amines) is 1. The Balaban J connectivity index is 2.10. The Morgan fingerprint density at radius 2 is 2.28 bits per heavy atom. The van der Waals surface area contributed by atoms with Crippen LogP contribution in [0.2, 0.25) is 0 Å². The lowest BCUT2D eigenvalue weighted by molar-refractivity contribution is -0.385. The SMILES string of the molecule is COc1ccc([N+](=O)[O-])cc1CN1CC(CO)C1. The van der Waals surface area contributed by atoms with E-state index in [0.29, 0.717) is 18.2 Å². The topological polar surface area (TPSA) is 75.8 Å². The molecule has 0 bridgehead atoms. The molecular weight excluding hydrogens is 236 g/mol. The molecule has 2 rings (SSSR count). The van der Waals surface area contributed by atoms with Crippen molar-refractivity contribution in [2.75, 3.05) is 26.8 Å². The van der Waals surface area contributed by atoms with Gasteiger partial charge in [0.15, 0.2) is 0 Å². The van der Waals surface area contributed by atoms with Gasteiger partial charge in [0, 0.05) is 49.9 Å². The number of aliphatic hydroxyl groups is 1. The summed E-state index contributed by atoms with van der Waals surface area (Å²) in [5, 5.41) is 19.7. The lowest BCUT2D eigenvalue weighted by atomic mass is 10.00. The number of hydrogen-bond donors (Lipinski definition) is 1. The van der Waals surface area contributed by atoms with Crippen molar-refractivity contribution in [1.82, 2.24) is 4.90 Å². The Hall–Kier alpha value is -1.66. The molecule has 0 unspecified atom stereocenters. The van der Waals surface area contributed by atoms with E-state index < -0.39 is 4.92 Å². The Morgan fingerprint density at radius 3 is 2.83 bits per heavy atom. The van der Waals surface area contributed by atoms with Crippen molar-refractivity contribution in [1.29, 1.82) is 0 Å². The maximum absolute atomic E-state index is 10.7. The van der Waals surface area contributed by atoms with Crippen LogP contribution in [0.4, 0.5) is 5.69 Å². The smallest absolute Gasteiger partial charge is 0.270 e. The first-order valence-corrected chi connectivity index (χ1v) is 5.78. The number of rotatable bonds is 5. The van der Waals surface area contributed by atoms with Crippen molar-refractivity contribution in [3.05, 3.63) is 33.9 Å². The third-order valence-electron chi connectivity index (χ3n) is 3.16. The van der Waals surface area contributed by atoms with Crippen molar-refractivity contribution in [3.8, 4) is 5.75 Å². The van der Waals surface area contributed by atoms with Gasteiger partial charge >= 0.3 is 0 Å². The summed E-state index contributed by atoms with van der Waals surface area (Å²) in [5.41, 5.74) is 0.883. The lowest BCUT2D eigenvalue weighted by Crippen LogP contribution is -2.47. The second kappa shape index (κ2) is 5.32. The standard InChI is InChI=1S/C12H16N2O4/c1-18-12-3-2-11(14(16)17)4-10(12)7-13-5-9(6-13)8-15/h2-4,9,15H,5-8H2,1H3. The van der Waals surface area contributed by atoms with Gasteiger partial charge < -0.3 is 9.84 Å². The summed E-state index contributed by atoms with van der Waals surface area (Å²) >= 11 is 0. The van der Waals surface area contributed by atoms with Crippen molar-refractivity contribution in [2.45, 2.75) is 6.54 Å². The Labute approximate surface area is 105 Å². The normalized spacial score (nSPS) is 16.3. The van der Waals surface area contributed by atoms with Crippen LogP contribution in [0.5, 0.6) is 5.75 Å². The number of methoxy groups -OCH3 is 1. The number of nitro groups is 1. The van der Waals surface area contributed by atoms with E-state index in [1.165, 1.54) is 6.07 Å². The Morgan fingerprint density at radius 1 is 1.56 bits per heavy atom. The van der Waals surface area contributed by atoms with Gasteiger partial charge in [-0.1, -0.05) is 0 Å². The molecule has 0 atom stereocenters. The average Bonchev–Trinajstić information content (AvgIpc) is 2.32. The van der Waals surface area contributed by atoms with Gasteiger partial charge in [-0.2, -0.15) is 0 Å². The monoisotopic (exact) mass is 252 g/mol. The van der Waals surface area contributed by atoms with Crippen LogP contribution in [0.1, 0.15) is 5.56 Å². The molecule has 1 aliphatic heterocycles. The molecular formula is C12H16N2O4. The first kappa shape index (κ1) is 12.8. The van der Waals surface area contributed by atoms with Crippen molar-refractivity contribution < 1.29 is 14.8 Å². The van der Waals surface area contributed by atoms with Gasteiger partial charge in [-0.3, -0.25) is 15.0 Å². The zero-order valence-corrected chi connectivity index (χ0v) is 10.2. The highest BCUT2D eigenvalue weighted by Crippen LogP contribution is 2.27. The summed E-state index contributed by atoms with van der Waals surface area (Å²) in [4.78, 5) is 12.5. The van der Waals surface area contributed by atoms with Crippen molar-refractivity contribution in [2.24, 2.45) is 5.92 Å². The van der Waals surface area contributed by atoms with E-state index in [4.69, 9.17) is 9.84 Å². The van der Waals surface area contributed by atoms with Gasteiger partial charge in [0.25, 0.3) is 5.69 Å². The number of benzene rings is 1. The summed E-state index contributed by atoms with van der Waals surface area (Å²) in [6.45, 7) is 2.45. The number of non-ortho nitro benzene ring substituents is 1. The summed E-state index contributed by atoms with van der Waals surface area (Å²) in [6, 6.07) is 4.61. The van der Waals surface area contributed by atoms with Gasteiger partial charge in [0.2, 0.25) is 0 Å². The first-order chi connectivity index (χ1) is 8.63. The fourth-order valence-electron chi connectivity index (χ4n) is 2.16. The van der Waals surface area contributed by atoms with E-state index >= 15 is 0 Å². The fourth-order valence-corrected chi connectivity index (χ4v) is 2.16. The van der Waals surface area contributed by atoms with Gasteiger partial charge in [0.1, 0.15) is 5.75 Å². The third kappa shape index (κ3) is 2.60. The molecule has 18 heavy (non-hydrogen) atoms. The second-order valence-corrected chi connectivity index (χ2v) is 4.50. The Bertz CT molecular complexity index is 444. The molecule has 98 valence electrons. The van der Waals surface area contributed by atoms with Crippen LogP contribution in [-0.2, 0) is 6.54 Å². The number of ether oxygens (including phenoxy) is 1. The lowest BCUT2D eigenvalue weighted by Gasteiger charge is -2.38. The van der Waals surface area contributed by atoms with Crippen LogP contribution in [-0.4, -0.2) is 41.7 Å². The number of hydrogen-bond acceptors (Lipinski definition) is 5. The van der Waals surface area contributed by atoms with E-state index in [2.05, 4.69) is 4.90 Å². The van der Waals surface area contributed by atoms with Gasteiger partial charge in [0.05, 0.1) is 12.0 Å². The largest absolute Gasteiger partial charge is 0.496 e. The third-order valence-corrected chi connectivity index (χ3v) is 3.16. The molecule has 0 aromatic heterocycles. The zero-order chi connectivity index (χ0) is 13.1. The molecule has 0 aliphatic carbocycles. The first-order valence-electron chi connectivity index (χ1n) is 5.78. The van der Waals surface area contributed by atoms with E-state index in [-0.39, 0.29) is 12.3 Å². The van der Waals surface area contributed by atoms with E-state index in [9.17, 15) is 10.1 Å². The molecule has 6 heteroatoms. The molecule has 1 aromatic rings. The predicted octanol–water partition coefficient (Wildman–Crippen LogP) is 1.03. The molecule has 6 nitrogen and oxygen atoms in total. The van der Waals surface area contributed by atoms with Crippen LogP contribution >= 0.6 is 0 Å². The highest BCUT2D eigenvalue weighted by atomic mass is 16.6. The Kier molecular flexibility index (Phi) is 3.78. The van der Waals surface area contributed by atoms with Gasteiger partial charge in [-0.05, 0) is 6.07 Å². The van der Waals surface area contributed by atoms with Crippen LogP contribution in [0.15, 0.2) is 18.2 Å². The molecule has 1 aromatic carbocycles. The number of nitro benzene ring substituents is 1. The minimum Gasteiger partial charge on any atom is -0.496 e. The van der Waals surface area contributed by atoms with Crippen LogP contribution in [0.25, 0.3) is 0 Å². The summed E-state index contributed by atoms with van der Waals surface area (Å²) < 4.78 is 5.20. The molecule has 1 N–H and O–H groups in total. The highest BCUT2D eigenvalue weighted by molar-refractivity contribution is 5.43. The highest BCUT2D eigenvalue weighted by Gasteiger charge is 2.26. The second-order valence-electron chi connectivity index (χ2n) is 4.50. The number of aliphatic hydroxyl groups excluding tert-OH is 1. The minimum atomic E-state index is -0.407. The van der Waals surface area contributed by atoms with Crippen molar-refractivity contribution >= 4 is 5.69 Å². The fraction of sp³-hybridized carbons (Fsp3) is 0.500. The molecule has 1 aliphatic rings. The summed E-state index contributed by atoms with van der Waals surface area (Å²) in [7, 11) is 1.55.